The number of nitro benzene ring substituents is 1. The van der Waals surface area contributed by atoms with Gasteiger partial charge in [-0.05, 0) is 25.5 Å². The average Bonchev–Trinajstić information content (AvgIpc) is 2.55. The minimum Gasteiger partial charge on any atom is -0.385 e. The molecule has 1 aliphatic rings. The normalized spacial score (nSPS) is 20.5. The van der Waals surface area contributed by atoms with Gasteiger partial charge in [0.05, 0.1) is 21.1 Å². The summed E-state index contributed by atoms with van der Waals surface area (Å²) >= 11 is 0. The second-order valence-corrected chi connectivity index (χ2v) is 7.73. The van der Waals surface area contributed by atoms with E-state index in [2.05, 4.69) is 0 Å². The lowest BCUT2D eigenvalue weighted by molar-refractivity contribution is -0.385. The Bertz CT molecular complexity index is 908. The van der Waals surface area contributed by atoms with Crippen LogP contribution < -0.4 is 4.31 Å². The van der Waals surface area contributed by atoms with E-state index < -0.39 is 20.5 Å². The number of rotatable bonds is 3. The van der Waals surface area contributed by atoms with Gasteiger partial charge in [-0.3, -0.25) is 14.4 Å². The molecule has 126 valence electrons. The van der Waals surface area contributed by atoms with Gasteiger partial charge in [0.15, 0.2) is 0 Å². The van der Waals surface area contributed by atoms with Crippen LogP contribution in [0.15, 0.2) is 53.4 Å². The number of anilines is 1. The molecule has 7 nitrogen and oxygen atoms in total. The lowest BCUT2D eigenvalue weighted by Gasteiger charge is -2.38. The van der Waals surface area contributed by atoms with Gasteiger partial charge in [-0.25, -0.2) is 8.42 Å². The molecule has 0 spiro atoms. The minimum atomic E-state index is -3.96. The van der Waals surface area contributed by atoms with Crippen LogP contribution in [-0.2, 0) is 15.6 Å². The predicted octanol–water partition coefficient (Wildman–Crippen LogP) is 2.40. The second-order valence-electron chi connectivity index (χ2n) is 5.87. The summed E-state index contributed by atoms with van der Waals surface area (Å²) in [6.45, 7) is 1.73. The molecule has 1 N–H and O–H groups in total. The van der Waals surface area contributed by atoms with Crippen molar-refractivity contribution in [2.24, 2.45) is 0 Å². The molecule has 0 aromatic heterocycles. The number of nitrogens with zero attached hydrogens (tertiary/aromatic N) is 2. The van der Waals surface area contributed by atoms with Crippen LogP contribution in [0.25, 0.3) is 0 Å². The fourth-order valence-corrected chi connectivity index (χ4v) is 4.38. The number of fused-ring (bicyclic) bond motifs is 1. The van der Waals surface area contributed by atoms with Crippen molar-refractivity contribution in [3.05, 3.63) is 64.2 Å². The number of benzene rings is 2. The zero-order valence-electron chi connectivity index (χ0n) is 12.9. The minimum absolute atomic E-state index is 0.0923. The molecule has 1 atom stereocenters. The Hall–Kier alpha value is -2.45. The van der Waals surface area contributed by atoms with E-state index in [1.165, 1.54) is 22.5 Å². The van der Waals surface area contributed by atoms with E-state index in [1.807, 2.05) is 0 Å². The fraction of sp³-hybridized carbons (Fsp3) is 0.250. The summed E-state index contributed by atoms with van der Waals surface area (Å²) < 4.78 is 27.1. The summed E-state index contributed by atoms with van der Waals surface area (Å²) in [6.07, 6.45) is 0.234. The molecule has 0 fully saturated rings. The molecule has 1 heterocycles. The van der Waals surface area contributed by atoms with Crippen LogP contribution in [0.4, 0.5) is 11.4 Å². The molecule has 8 heteroatoms. The van der Waals surface area contributed by atoms with Gasteiger partial charge in [0.1, 0.15) is 0 Å². The Morgan fingerprint density at radius 2 is 1.92 bits per heavy atom. The van der Waals surface area contributed by atoms with Gasteiger partial charge in [-0.2, -0.15) is 0 Å². The van der Waals surface area contributed by atoms with Crippen molar-refractivity contribution >= 4 is 21.4 Å². The molecule has 0 amide bonds. The van der Waals surface area contributed by atoms with E-state index in [0.29, 0.717) is 11.3 Å². The molecule has 1 unspecified atom stereocenters. The summed E-state index contributed by atoms with van der Waals surface area (Å²) in [6, 6.07) is 11.7. The summed E-state index contributed by atoms with van der Waals surface area (Å²) in [7, 11) is -3.96. The van der Waals surface area contributed by atoms with Gasteiger partial charge >= 0.3 is 0 Å². The number of para-hydroxylation sites is 1. The first-order valence-corrected chi connectivity index (χ1v) is 8.76. The molecule has 3 rings (SSSR count). The highest BCUT2D eigenvalue weighted by atomic mass is 32.2. The molecule has 1 aliphatic heterocycles. The molecule has 0 bridgehead atoms. The van der Waals surface area contributed by atoms with Crippen molar-refractivity contribution in [1.29, 1.82) is 0 Å². The summed E-state index contributed by atoms with van der Waals surface area (Å²) in [5.74, 6) is 0. The molecule has 0 saturated carbocycles. The van der Waals surface area contributed by atoms with Crippen molar-refractivity contribution in [3.63, 3.8) is 0 Å². The monoisotopic (exact) mass is 348 g/mol. The van der Waals surface area contributed by atoms with Crippen LogP contribution in [0.1, 0.15) is 18.9 Å². The van der Waals surface area contributed by atoms with Crippen LogP contribution in [0, 0.1) is 10.1 Å². The van der Waals surface area contributed by atoms with Gasteiger partial charge < -0.3 is 5.11 Å². The summed E-state index contributed by atoms with van der Waals surface area (Å²) in [4.78, 5) is 10.1. The SMILES string of the molecule is CC1(O)CCN(S(=O)(=O)c2cccc([N+](=O)[O-])c2)c2ccccc21. The summed E-state index contributed by atoms with van der Waals surface area (Å²) in [5.41, 5.74) is -0.496. The molecule has 0 radical (unpaired) electrons. The highest BCUT2D eigenvalue weighted by Crippen LogP contribution is 2.40. The first-order valence-electron chi connectivity index (χ1n) is 7.32. The molecule has 0 saturated heterocycles. The van der Waals surface area contributed by atoms with Gasteiger partial charge in [-0.15, -0.1) is 0 Å². The Labute approximate surface area is 139 Å². The van der Waals surface area contributed by atoms with Crippen molar-refractivity contribution in [1.82, 2.24) is 0 Å². The fourth-order valence-electron chi connectivity index (χ4n) is 2.86. The lowest BCUT2D eigenvalue weighted by Crippen LogP contribution is -2.42. The van der Waals surface area contributed by atoms with Crippen molar-refractivity contribution in [2.45, 2.75) is 23.8 Å². The molecule has 24 heavy (non-hydrogen) atoms. The first-order chi connectivity index (χ1) is 11.2. The third kappa shape index (κ3) is 2.63. The standard InChI is InChI=1S/C16H16N2O5S/c1-16(19)9-10-17(15-8-3-2-7-14(15)16)24(22,23)13-6-4-5-12(11-13)18(20)21/h2-8,11,19H,9-10H2,1H3. The zero-order valence-corrected chi connectivity index (χ0v) is 13.7. The Kier molecular flexibility index (Phi) is 3.81. The zero-order chi connectivity index (χ0) is 17.5. The average molecular weight is 348 g/mol. The van der Waals surface area contributed by atoms with Crippen LogP contribution in [-0.4, -0.2) is 25.0 Å². The van der Waals surface area contributed by atoms with Gasteiger partial charge in [0.25, 0.3) is 15.7 Å². The topological polar surface area (TPSA) is 101 Å². The first kappa shape index (κ1) is 16.4. The Balaban J connectivity index is 2.12. The maximum atomic E-state index is 13.0. The molecule has 2 aromatic carbocycles. The van der Waals surface area contributed by atoms with Gasteiger partial charge in [-0.1, -0.05) is 24.3 Å². The Morgan fingerprint density at radius 1 is 1.21 bits per heavy atom. The second kappa shape index (κ2) is 5.57. The maximum Gasteiger partial charge on any atom is 0.270 e. The van der Waals surface area contributed by atoms with Crippen molar-refractivity contribution in [3.8, 4) is 0 Å². The van der Waals surface area contributed by atoms with E-state index in [9.17, 15) is 23.6 Å². The van der Waals surface area contributed by atoms with E-state index in [1.54, 1.807) is 31.2 Å². The van der Waals surface area contributed by atoms with Crippen molar-refractivity contribution in [2.75, 3.05) is 10.8 Å². The van der Waals surface area contributed by atoms with Crippen molar-refractivity contribution < 1.29 is 18.4 Å². The molecule has 2 aromatic rings. The number of non-ortho nitro benzene ring substituents is 1. The maximum absolute atomic E-state index is 13.0. The predicted molar refractivity (Wildman–Crippen MR) is 88.3 cm³/mol. The van der Waals surface area contributed by atoms with Crippen LogP contribution in [0.3, 0.4) is 0 Å². The van der Waals surface area contributed by atoms with E-state index in [0.717, 1.165) is 6.07 Å². The van der Waals surface area contributed by atoms with E-state index in [4.69, 9.17) is 0 Å². The number of nitro groups is 1. The third-order valence-electron chi connectivity index (χ3n) is 4.17. The van der Waals surface area contributed by atoms with Crippen LogP contribution >= 0.6 is 0 Å². The number of aliphatic hydroxyl groups is 1. The molecule has 0 aliphatic carbocycles. The van der Waals surface area contributed by atoms with Gasteiger partial charge in [0, 0.05) is 24.2 Å². The smallest absolute Gasteiger partial charge is 0.270 e. The van der Waals surface area contributed by atoms with Gasteiger partial charge in [0.2, 0.25) is 0 Å². The molecular formula is C16H16N2O5S. The largest absolute Gasteiger partial charge is 0.385 e. The quantitative estimate of drug-likeness (QED) is 0.678. The van der Waals surface area contributed by atoms with E-state index in [-0.39, 0.29) is 23.5 Å². The number of hydrogen-bond acceptors (Lipinski definition) is 5. The number of hydrogen-bond donors (Lipinski definition) is 1. The van der Waals surface area contributed by atoms with E-state index >= 15 is 0 Å². The van der Waals surface area contributed by atoms with Crippen LogP contribution in [0.5, 0.6) is 0 Å². The highest BCUT2D eigenvalue weighted by Gasteiger charge is 2.38. The highest BCUT2D eigenvalue weighted by molar-refractivity contribution is 7.92. The van der Waals surface area contributed by atoms with Crippen LogP contribution in [0.2, 0.25) is 0 Å². The Morgan fingerprint density at radius 3 is 2.62 bits per heavy atom. The molecular weight excluding hydrogens is 332 g/mol. The third-order valence-corrected chi connectivity index (χ3v) is 5.98. The summed E-state index contributed by atoms with van der Waals surface area (Å²) in [5, 5.41) is 21.4. The lowest BCUT2D eigenvalue weighted by atomic mass is 9.88. The number of sulfonamides is 1.